The van der Waals surface area contributed by atoms with Crippen LogP contribution in [0.25, 0.3) is 22.0 Å². The van der Waals surface area contributed by atoms with E-state index in [1.807, 2.05) is 249 Å². The van der Waals surface area contributed by atoms with Gasteiger partial charge < -0.3 is 49.0 Å². The highest BCUT2D eigenvalue weighted by Crippen LogP contribution is 2.28. The molecule has 504 valence electrons. The van der Waals surface area contributed by atoms with Gasteiger partial charge >= 0.3 is 29.8 Å². The average molecular weight is 1330 g/mol. The summed E-state index contributed by atoms with van der Waals surface area (Å²) in [4.78, 5) is 90.7. The molecule has 18 heteroatoms. The number of aliphatic carboxylic acids is 3. The summed E-state index contributed by atoms with van der Waals surface area (Å²) in [6.45, 7) is 2.54. The average Bonchev–Trinajstić information content (AvgIpc) is 1.85. The summed E-state index contributed by atoms with van der Waals surface area (Å²) >= 11 is 0. The van der Waals surface area contributed by atoms with Crippen LogP contribution >= 0.6 is 0 Å². The van der Waals surface area contributed by atoms with Crippen molar-refractivity contribution in [1.29, 1.82) is 0 Å². The van der Waals surface area contributed by atoms with Crippen molar-refractivity contribution in [3.63, 3.8) is 0 Å². The number of anilines is 1. The van der Waals surface area contributed by atoms with Crippen molar-refractivity contribution in [2.45, 2.75) is 78.3 Å². The maximum Gasteiger partial charge on any atom is 0.307 e. The van der Waals surface area contributed by atoms with Crippen LogP contribution in [0.1, 0.15) is 86.9 Å². The molecule has 0 saturated carbocycles. The van der Waals surface area contributed by atoms with Crippen molar-refractivity contribution in [3.05, 3.63) is 311 Å². The number of carbonyl (C=O) groups is 7. The SMILES string of the molecule is CC(=O)Nc1cccc(-c2ccc(Cc3ocnc3C(=O)C[C@@H](Cc3ccccc3)C(=O)O)cc2)c1.O=C(C[C@@H](Cc1ccccc1)C(=O)O)OCc1ccc(COc2cccc3[nH]ccc23)cc1.O=C(C[C@@H](Cc1ccccc1)C(=O)O)OCc1ccc(COc2ccccc2)cc1. The van der Waals surface area contributed by atoms with E-state index in [0.29, 0.717) is 31.8 Å². The predicted octanol–water partition coefficient (Wildman–Crippen LogP) is 15.2. The third kappa shape index (κ3) is 23.0. The third-order valence-electron chi connectivity index (χ3n) is 16.0. The first-order chi connectivity index (χ1) is 48.1. The van der Waals surface area contributed by atoms with Gasteiger partial charge in [-0.3, -0.25) is 33.6 Å². The Morgan fingerprint density at radius 2 is 0.909 bits per heavy atom. The second-order valence-corrected chi connectivity index (χ2v) is 23.5. The van der Waals surface area contributed by atoms with Crippen LogP contribution in [0.5, 0.6) is 11.5 Å². The number of esters is 2. The fraction of sp³-hybridized carbons (Fsp3) is 0.185. The number of fused-ring (bicyclic) bond motifs is 1. The summed E-state index contributed by atoms with van der Waals surface area (Å²) in [7, 11) is 0. The normalized spacial score (nSPS) is 11.6. The lowest BCUT2D eigenvalue weighted by Gasteiger charge is -2.12. The first-order valence-electron chi connectivity index (χ1n) is 32.1. The number of aromatic nitrogens is 2. The van der Waals surface area contributed by atoms with Crippen LogP contribution in [0.2, 0.25) is 0 Å². The topological polar surface area (TPSA) is 271 Å². The molecule has 0 aliphatic carbocycles. The Hall–Kier alpha value is -12.2. The number of para-hydroxylation sites is 1. The summed E-state index contributed by atoms with van der Waals surface area (Å²) in [5.74, 6) is -5.00. The fourth-order valence-corrected chi connectivity index (χ4v) is 10.7. The molecule has 2 heterocycles. The number of rotatable bonds is 30. The Bertz CT molecular complexity index is 4410. The molecule has 9 aromatic carbocycles. The Balaban J connectivity index is 0.000000174. The van der Waals surface area contributed by atoms with Crippen molar-refractivity contribution in [3.8, 4) is 22.6 Å². The smallest absolute Gasteiger partial charge is 0.307 e. The lowest BCUT2D eigenvalue weighted by Crippen LogP contribution is -2.21. The second kappa shape index (κ2) is 36.6. The highest BCUT2D eigenvalue weighted by Gasteiger charge is 2.27. The zero-order valence-corrected chi connectivity index (χ0v) is 54.4. The number of ether oxygens (including phenoxy) is 4. The van der Waals surface area contributed by atoms with E-state index < -0.39 is 47.6 Å². The van der Waals surface area contributed by atoms with Crippen LogP contribution < -0.4 is 14.8 Å². The molecule has 11 rings (SSSR count). The second-order valence-electron chi connectivity index (χ2n) is 23.5. The van der Waals surface area contributed by atoms with E-state index in [1.54, 1.807) is 0 Å². The van der Waals surface area contributed by atoms with Crippen molar-refractivity contribution in [2.24, 2.45) is 17.8 Å². The molecule has 2 aromatic heterocycles. The number of oxazole rings is 1. The molecule has 11 aromatic rings. The van der Waals surface area contributed by atoms with Crippen molar-refractivity contribution >= 4 is 58.1 Å². The standard InChI is InChI=1S/C29H26N2O5.C27H25NO5.C25H24O5/c1-19(32)31-25-9-5-8-23(16-25)22-12-10-21(11-13-22)15-27-28(30-18-36-27)26(33)17-24(29(34)35)14-20-6-3-2-4-7-20;29-26(16-22(27(30)31)15-19-5-2-1-3-6-19)33-18-21-11-9-20(10-12-21)17-32-25-8-4-7-24-23(25)13-14-28-24;26-24(16-22(25(27)28)15-19-7-3-1-4-8-19)30-18-21-13-11-20(12-14-21)17-29-23-9-5-2-6-10-23/h2-13,16,18,24H,14-15,17H2,1H3,(H,31,32)(H,34,35);1-14,22,28H,15-18H2,(H,30,31);1-14,22H,15-18H2,(H,27,28)/t24-;2*22-/m111/s1. The summed E-state index contributed by atoms with van der Waals surface area (Å²) in [5.41, 5.74) is 11.1. The number of Topliss-reactive ketones (excluding diaryl/α,β-unsaturated/α-hetero) is 1. The quantitative estimate of drug-likeness (QED) is 0.0207. The van der Waals surface area contributed by atoms with E-state index >= 15 is 0 Å². The minimum absolute atomic E-state index is 0.0975. The monoisotopic (exact) mass is 1330 g/mol. The lowest BCUT2D eigenvalue weighted by atomic mass is 9.93. The number of carboxylic acids is 3. The highest BCUT2D eigenvalue weighted by molar-refractivity contribution is 5.97. The van der Waals surface area contributed by atoms with Gasteiger partial charge in [0, 0.05) is 42.6 Å². The summed E-state index contributed by atoms with van der Waals surface area (Å²) in [5, 5.41) is 32.3. The van der Waals surface area contributed by atoms with E-state index in [-0.39, 0.29) is 62.7 Å². The molecular weight excluding hydrogens is 1250 g/mol. The highest BCUT2D eigenvalue weighted by atomic mass is 16.5. The van der Waals surface area contributed by atoms with Crippen molar-refractivity contribution in [2.75, 3.05) is 5.32 Å². The van der Waals surface area contributed by atoms with Gasteiger partial charge in [0.25, 0.3) is 0 Å². The van der Waals surface area contributed by atoms with E-state index in [2.05, 4.69) is 15.3 Å². The maximum absolute atomic E-state index is 13.0. The minimum Gasteiger partial charge on any atom is -0.489 e. The van der Waals surface area contributed by atoms with Crippen molar-refractivity contribution < 1.29 is 72.2 Å². The van der Waals surface area contributed by atoms with Crippen LogP contribution in [0.15, 0.2) is 260 Å². The lowest BCUT2D eigenvalue weighted by molar-refractivity contribution is -0.152. The fourth-order valence-electron chi connectivity index (χ4n) is 10.7. The van der Waals surface area contributed by atoms with Gasteiger partial charge in [0.2, 0.25) is 5.91 Å². The number of carbonyl (C=O) groups excluding carboxylic acids is 4. The van der Waals surface area contributed by atoms with Crippen LogP contribution in [0.3, 0.4) is 0 Å². The van der Waals surface area contributed by atoms with Gasteiger partial charge in [0.05, 0.1) is 30.6 Å². The zero-order chi connectivity index (χ0) is 69.7. The number of carboxylic acid groups (broad SMARTS) is 3. The third-order valence-corrected chi connectivity index (χ3v) is 16.0. The van der Waals surface area contributed by atoms with Crippen molar-refractivity contribution in [1.82, 2.24) is 9.97 Å². The predicted molar refractivity (Wildman–Crippen MR) is 373 cm³/mol. The van der Waals surface area contributed by atoms with E-state index in [4.69, 9.17) is 23.4 Å². The van der Waals surface area contributed by atoms with Gasteiger partial charge in [0.15, 0.2) is 12.2 Å². The van der Waals surface area contributed by atoms with Gasteiger partial charge in [-0.2, -0.15) is 0 Å². The molecule has 0 bridgehead atoms. The van der Waals surface area contributed by atoms with Crippen LogP contribution in [-0.2, 0) is 90.4 Å². The maximum atomic E-state index is 13.0. The number of hydrogen-bond acceptors (Lipinski definition) is 13. The minimum atomic E-state index is -1.02. The molecule has 0 radical (unpaired) electrons. The molecule has 99 heavy (non-hydrogen) atoms. The van der Waals surface area contributed by atoms with E-state index in [0.717, 1.165) is 83.7 Å². The Kier molecular flexibility index (Phi) is 26.3. The number of aromatic amines is 1. The molecule has 5 N–H and O–H groups in total. The summed E-state index contributed by atoms with van der Waals surface area (Å²) in [6, 6.07) is 75.8. The molecule has 0 unspecified atom stereocenters. The van der Waals surface area contributed by atoms with Gasteiger partial charge in [-0.05, 0) is 117 Å². The van der Waals surface area contributed by atoms with Crippen LogP contribution in [-0.4, -0.2) is 66.8 Å². The number of ketones is 1. The summed E-state index contributed by atoms with van der Waals surface area (Å²) < 4.78 is 27.8. The molecular formula is C81H75N3O15. The summed E-state index contributed by atoms with van der Waals surface area (Å²) in [6.07, 6.45) is 3.81. The van der Waals surface area contributed by atoms with Crippen LogP contribution in [0.4, 0.5) is 5.69 Å². The molecule has 0 fully saturated rings. The zero-order valence-electron chi connectivity index (χ0n) is 54.4. The molecule has 18 nitrogen and oxygen atoms in total. The Labute approximate surface area is 572 Å². The number of amides is 1. The number of benzene rings is 9. The number of hydrogen-bond donors (Lipinski definition) is 5. The first kappa shape index (κ1) is 71.1. The Morgan fingerprint density at radius 3 is 1.40 bits per heavy atom. The molecule has 0 aliphatic heterocycles. The molecule has 0 aliphatic rings. The van der Waals surface area contributed by atoms with Gasteiger partial charge in [0.1, 0.15) is 49.4 Å². The number of H-pyrrole nitrogens is 1. The molecule has 3 atom stereocenters. The number of nitrogens with one attached hydrogen (secondary N) is 2. The number of nitrogens with zero attached hydrogens (tertiary/aromatic N) is 1. The van der Waals surface area contributed by atoms with Gasteiger partial charge in [-0.1, -0.05) is 200 Å². The largest absolute Gasteiger partial charge is 0.489 e. The molecule has 0 spiro atoms. The van der Waals surface area contributed by atoms with Gasteiger partial charge in [-0.15, -0.1) is 0 Å². The molecule has 0 saturated heterocycles. The molecule has 1 amide bonds. The van der Waals surface area contributed by atoms with E-state index in [1.165, 1.54) is 13.3 Å². The van der Waals surface area contributed by atoms with E-state index in [9.17, 15) is 48.9 Å². The first-order valence-corrected chi connectivity index (χ1v) is 32.1. The van der Waals surface area contributed by atoms with Gasteiger partial charge in [-0.25, -0.2) is 4.98 Å². The van der Waals surface area contributed by atoms with Crippen LogP contribution in [0, 0.1) is 17.8 Å². The Morgan fingerprint density at radius 1 is 0.455 bits per heavy atom.